The van der Waals surface area contributed by atoms with Crippen LogP contribution < -0.4 is 15.4 Å². The molecule has 2 rings (SSSR count). The Morgan fingerprint density at radius 2 is 2.05 bits per heavy atom. The number of hydrogen-bond acceptors (Lipinski definition) is 4. The van der Waals surface area contributed by atoms with Gasteiger partial charge >= 0.3 is 0 Å². The number of Topliss-reactive ketones (excluding diaryl/α,β-unsaturated/α-hetero) is 1. The number of rotatable bonds is 8. The number of hydrogen-bond donors (Lipinski definition) is 2. The fraction of sp³-hybridized carbons (Fsp3) is 0.529. The summed E-state index contributed by atoms with van der Waals surface area (Å²) in [6.07, 6.45) is 2.73. The van der Waals surface area contributed by atoms with Crippen LogP contribution in [0, 0.1) is 0 Å². The molecule has 1 aliphatic heterocycles. The van der Waals surface area contributed by atoms with Gasteiger partial charge in [-0.2, -0.15) is 0 Å². The first-order chi connectivity index (χ1) is 10.7. The SMILES string of the molecule is CCOc1ccc(C(=O)CCC(=O)NCC2CCCN2)cc1. The Balaban J connectivity index is 1.70. The first-order valence-corrected chi connectivity index (χ1v) is 7.95. The molecule has 0 radical (unpaired) electrons. The van der Waals surface area contributed by atoms with Crippen LogP contribution in [-0.4, -0.2) is 37.4 Å². The van der Waals surface area contributed by atoms with E-state index < -0.39 is 0 Å². The fourth-order valence-corrected chi connectivity index (χ4v) is 2.53. The summed E-state index contributed by atoms with van der Waals surface area (Å²) in [5.41, 5.74) is 0.619. The molecule has 120 valence electrons. The Morgan fingerprint density at radius 3 is 2.68 bits per heavy atom. The van der Waals surface area contributed by atoms with Gasteiger partial charge in [0, 0.05) is 31.0 Å². The number of benzene rings is 1. The fourth-order valence-electron chi connectivity index (χ4n) is 2.53. The van der Waals surface area contributed by atoms with Crippen LogP contribution in [0.25, 0.3) is 0 Å². The van der Waals surface area contributed by atoms with Gasteiger partial charge in [-0.1, -0.05) is 0 Å². The largest absolute Gasteiger partial charge is 0.494 e. The van der Waals surface area contributed by atoms with Gasteiger partial charge in [-0.15, -0.1) is 0 Å². The predicted octanol–water partition coefficient (Wildman–Crippen LogP) is 1.92. The molecule has 1 saturated heterocycles. The third kappa shape index (κ3) is 5.15. The van der Waals surface area contributed by atoms with Crippen LogP contribution in [0.4, 0.5) is 0 Å². The summed E-state index contributed by atoms with van der Waals surface area (Å²) in [5.74, 6) is 0.672. The lowest BCUT2D eigenvalue weighted by Gasteiger charge is -2.11. The molecule has 1 fully saturated rings. The molecule has 2 N–H and O–H groups in total. The summed E-state index contributed by atoms with van der Waals surface area (Å²) in [6, 6.07) is 7.43. The van der Waals surface area contributed by atoms with E-state index in [0.29, 0.717) is 24.8 Å². The first-order valence-electron chi connectivity index (χ1n) is 7.95. The van der Waals surface area contributed by atoms with Gasteiger partial charge in [-0.3, -0.25) is 9.59 Å². The van der Waals surface area contributed by atoms with Gasteiger partial charge in [-0.05, 0) is 50.6 Å². The maximum atomic E-state index is 12.0. The Bertz CT molecular complexity index is 493. The van der Waals surface area contributed by atoms with E-state index in [-0.39, 0.29) is 24.5 Å². The molecule has 0 saturated carbocycles. The zero-order valence-corrected chi connectivity index (χ0v) is 13.1. The molecule has 1 aliphatic rings. The molecule has 0 bridgehead atoms. The monoisotopic (exact) mass is 304 g/mol. The predicted molar refractivity (Wildman–Crippen MR) is 85.2 cm³/mol. The molecule has 22 heavy (non-hydrogen) atoms. The van der Waals surface area contributed by atoms with E-state index >= 15 is 0 Å². The van der Waals surface area contributed by atoms with Crippen LogP contribution in [0.3, 0.4) is 0 Å². The van der Waals surface area contributed by atoms with Gasteiger partial charge in [0.2, 0.25) is 5.91 Å². The van der Waals surface area contributed by atoms with Crippen LogP contribution in [-0.2, 0) is 4.79 Å². The Hall–Kier alpha value is -1.88. The zero-order valence-electron chi connectivity index (χ0n) is 13.1. The first kappa shape index (κ1) is 16.5. The van der Waals surface area contributed by atoms with Crippen molar-refractivity contribution in [1.29, 1.82) is 0 Å². The quantitative estimate of drug-likeness (QED) is 0.720. The highest BCUT2D eigenvalue weighted by Crippen LogP contribution is 2.14. The third-order valence-electron chi connectivity index (χ3n) is 3.77. The summed E-state index contributed by atoms with van der Waals surface area (Å²) in [5, 5.41) is 6.21. The standard InChI is InChI=1S/C17H24N2O3/c1-2-22-15-7-5-13(6-8-15)16(20)9-10-17(21)19-12-14-4-3-11-18-14/h5-8,14,18H,2-4,9-12H2,1H3,(H,19,21). The van der Waals surface area contributed by atoms with Crippen molar-refractivity contribution in [2.24, 2.45) is 0 Å². The summed E-state index contributed by atoms with van der Waals surface area (Å²) < 4.78 is 5.34. The van der Waals surface area contributed by atoms with E-state index in [1.807, 2.05) is 6.92 Å². The van der Waals surface area contributed by atoms with Crippen molar-refractivity contribution in [3.8, 4) is 5.75 Å². The van der Waals surface area contributed by atoms with Crippen molar-refractivity contribution in [2.45, 2.75) is 38.6 Å². The van der Waals surface area contributed by atoms with Crippen LogP contribution in [0.15, 0.2) is 24.3 Å². The van der Waals surface area contributed by atoms with E-state index in [9.17, 15) is 9.59 Å². The van der Waals surface area contributed by atoms with Crippen LogP contribution in [0.1, 0.15) is 43.0 Å². The molecule has 5 heteroatoms. The second-order valence-electron chi connectivity index (χ2n) is 5.48. The Morgan fingerprint density at radius 1 is 1.27 bits per heavy atom. The van der Waals surface area contributed by atoms with Gasteiger partial charge in [0.25, 0.3) is 0 Å². The maximum Gasteiger partial charge on any atom is 0.220 e. The topological polar surface area (TPSA) is 67.4 Å². The van der Waals surface area contributed by atoms with Gasteiger partial charge in [0.05, 0.1) is 6.61 Å². The average molecular weight is 304 g/mol. The minimum atomic E-state index is -0.0620. The molecule has 1 aromatic rings. The van der Waals surface area contributed by atoms with Crippen molar-refractivity contribution in [3.05, 3.63) is 29.8 Å². The number of carbonyl (C=O) groups is 2. The van der Waals surface area contributed by atoms with Gasteiger partial charge in [0.15, 0.2) is 5.78 Å². The normalized spacial score (nSPS) is 17.2. The van der Waals surface area contributed by atoms with Gasteiger partial charge < -0.3 is 15.4 Å². The highest BCUT2D eigenvalue weighted by Gasteiger charge is 2.15. The van der Waals surface area contributed by atoms with Gasteiger partial charge in [-0.25, -0.2) is 0 Å². The summed E-state index contributed by atoms with van der Waals surface area (Å²) in [6.45, 7) is 4.19. The van der Waals surface area contributed by atoms with E-state index in [4.69, 9.17) is 4.74 Å². The van der Waals surface area contributed by atoms with E-state index in [2.05, 4.69) is 10.6 Å². The molecule has 0 aliphatic carbocycles. The number of amides is 1. The molecular weight excluding hydrogens is 280 g/mol. The van der Waals surface area contributed by atoms with Crippen molar-refractivity contribution in [2.75, 3.05) is 19.7 Å². The number of nitrogens with one attached hydrogen (secondary N) is 2. The molecule has 0 aromatic heterocycles. The van der Waals surface area contributed by atoms with Crippen molar-refractivity contribution in [3.63, 3.8) is 0 Å². The van der Waals surface area contributed by atoms with E-state index in [1.165, 1.54) is 0 Å². The second kappa shape index (κ2) is 8.54. The molecular formula is C17H24N2O3. The summed E-state index contributed by atoms with van der Waals surface area (Å²) in [4.78, 5) is 23.8. The number of carbonyl (C=O) groups excluding carboxylic acids is 2. The molecule has 5 nitrogen and oxygen atoms in total. The van der Waals surface area contributed by atoms with Gasteiger partial charge in [0.1, 0.15) is 5.75 Å². The molecule has 1 amide bonds. The van der Waals surface area contributed by atoms with Crippen molar-refractivity contribution < 1.29 is 14.3 Å². The average Bonchev–Trinajstić information content (AvgIpc) is 3.05. The van der Waals surface area contributed by atoms with Crippen LogP contribution >= 0.6 is 0 Å². The molecule has 1 aromatic carbocycles. The lowest BCUT2D eigenvalue weighted by Crippen LogP contribution is -2.37. The lowest BCUT2D eigenvalue weighted by molar-refractivity contribution is -0.121. The molecule has 1 atom stereocenters. The number of ketones is 1. The highest BCUT2D eigenvalue weighted by molar-refractivity contribution is 5.98. The second-order valence-corrected chi connectivity index (χ2v) is 5.48. The lowest BCUT2D eigenvalue weighted by atomic mass is 10.1. The van der Waals surface area contributed by atoms with E-state index in [1.54, 1.807) is 24.3 Å². The summed E-state index contributed by atoms with van der Waals surface area (Å²) in [7, 11) is 0. The smallest absolute Gasteiger partial charge is 0.220 e. The Labute approximate surface area is 131 Å². The van der Waals surface area contributed by atoms with Crippen molar-refractivity contribution in [1.82, 2.24) is 10.6 Å². The molecule has 1 unspecified atom stereocenters. The highest BCUT2D eigenvalue weighted by atomic mass is 16.5. The Kier molecular flexibility index (Phi) is 6.40. The minimum absolute atomic E-state index is 0.0165. The molecule has 1 heterocycles. The summed E-state index contributed by atoms with van der Waals surface area (Å²) >= 11 is 0. The van der Waals surface area contributed by atoms with Crippen molar-refractivity contribution >= 4 is 11.7 Å². The third-order valence-corrected chi connectivity index (χ3v) is 3.77. The van der Waals surface area contributed by atoms with Crippen LogP contribution in [0.5, 0.6) is 5.75 Å². The molecule has 0 spiro atoms. The van der Waals surface area contributed by atoms with Crippen LogP contribution in [0.2, 0.25) is 0 Å². The number of ether oxygens (including phenoxy) is 1. The minimum Gasteiger partial charge on any atom is -0.494 e. The van der Waals surface area contributed by atoms with E-state index in [0.717, 1.165) is 25.1 Å². The maximum absolute atomic E-state index is 12.0. The zero-order chi connectivity index (χ0) is 15.8.